The van der Waals surface area contributed by atoms with Crippen LogP contribution in [-0.4, -0.2) is 30.8 Å². The zero-order valence-electron chi connectivity index (χ0n) is 11.9. The van der Waals surface area contributed by atoms with Crippen molar-refractivity contribution in [1.29, 1.82) is 0 Å². The molecule has 1 heterocycles. The van der Waals surface area contributed by atoms with E-state index in [1.165, 1.54) is 0 Å². The van der Waals surface area contributed by atoms with E-state index in [4.69, 9.17) is 4.74 Å². The zero-order chi connectivity index (χ0) is 13.3. The van der Waals surface area contributed by atoms with Crippen LogP contribution in [0, 0.1) is 11.3 Å². The first kappa shape index (κ1) is 14.3. The van der Waals surface area contributed by atoms with Gasteiger partial charge in [0, 0.05) is 19.1 Å². The number of hydrogen-bond donors (Lipinski definition) is 2. The van der Waals surface area contributed by atoms with E-state index in [0.29, 0.717) is 5.92 Å². The second-order valence-corrected chi connectivity index (χ2v) is 6.88. The molecule has 1 fully saturated rings. The van der Waals surface area contributed by atoms with E-state index in [1.54, 1.807) is 0 Å². The fourth-order valence-corrected chi connectivity index (χ4v) is 2.20. The quantitative estimate of drug-likeness (QED) is 0.740. The molecule has 0 bridgehead atoms. The van der Waals surface area contributed by atoms with Gasteiger partial charge in [-0.3, -0.25) is 0 Å². The van der Waals surface area contributed by atoms with Crippen molar-refractivity contribution in [1.82, 2.24) is 10.6 Å². The molecule has 2 N–H and O–H groups in total. The van der Waals surface area contributed by atoms with Crippen molar-refractivity contribution in [3.63, 3.8) is 0 Å². The van der Waals surface area contributed by atoms with E-state index in [9.17, 15) is 4.79 Å². The maximum Gasteiger partial charge on any atom is 0.407 e. The number of carbonyl (C=O) groups is 1. The molecule has 0 aromatic rings. The normalized spacial score (nSPS) is 25.8. The summed E-state index contributed by atoms with van der Waals surface area (Å²) >= 11 is 0. The summed E-state index contributed by atoms with van der Waals surface area (Å²) in [7, 11) is 0. The second kappa shape index (κ2) is 4.84. The molecule has 4 heteroatoms. The lowest BCUT2D eigenvalue weighted by Crippen LogP contribution is -2.46. The first-order valence-corrected chi connectivity index (χ1v) is 6.30. The Balaban J connectivity index is 2.54. The minimum Gasteiger partial charge on any atom is -0.444 e. The van der Waals surface area contributed by atoms with E-state index < -0.39 is 5.60 Å². The number of carbonyl (C=O) groups excluding carboxylic acids is 1. The van der Waals surface area contributed by atoms with Crippen molar-refractivity contribution in [3.05, 3.63) is 0 Å². The molecule has 100 valence electrons. The van der Waals surface area contributed by atoms with E-state index in [-0.39, 0.29) is 17.6 Å². The smallest absolute Gasteiger partial charge is 0.407 e. The van der Waals surface area contributed by atoms with Gasteiger partial charge in [0.25, 0.3) is 0 Å². The minimum absolute atomic E-state index is 0.157. The monoisotopic (exact) mass is 242 g/mol. The molecule has 4 nitrogen and oxygen atoms in total. The van der Waals surface area contributed by atoms with Gasteiger partial charge in [-0.15, -0.1) is 0 Å². The summed E-state index contributed by atoms with van der Waals surface area (Å²) in [5.74, 6) is 0.440. The summed E-state index contributed by atoms with van der Waals surface area (Å²) in [5, 5.41) is 6.30. The summed E-state index contributed by atoms with van der Waals surface area (Å²) in [6, 6.07) is 0.157. The van der Waals surface area contributed by atoms with Crippen LogP contribution in [0.1, 0.15) is 41.5 Å². The van der Waals surface area contributed by atoms with E-state index in [0.717, 1.165) is 13.1 Å². The van der Waals surface area contributed by atoms with Gasteiger partial charge in [0.2, 0.25) is 0 Å². The van der Waals surface area contributed by atoms with Gasteiger partial charge in [0.1, 0.15) is 5.60 Å². The van der Waals surface area contributed by atoms with Gasteiger partial charge in [-0.2, -0.15) is 0 Å². The number of ether oxygens (including phenoxy) is 1. The van der Waals surface area contributed by atoms with Crippen molar-refractivity contribution in [2.24, 2.45) is 11.3 Å². The Kier molecular flexibility index (Phi) is 4.07. The average molecular weight is 242 g/mol. The summed E-state index contributed by atoms with van der Waals surface area (Å²) in [6.45, 7) is 14.0. The molecular weight excluding hydrogens is 216 g/mol. The molecule has 2 atom stereocenters. The van der Waals surface area contributed by atoms with Crippen LogP contribution >= 0.6 is 0 Å². The maximum absolute atomic E-state index is 11.7. The summed E-state index contributed by atoms with van der Waals surface area (Å²) in [6.07, 6.45) is -0.319. The molecule has 0 saturated carbocycles. The van der Waals surface area contributed by atoms with Crippen LogP contribution in [-0.2, 0) is 4.74 Å². The second-order valence-electron chi connectivity index (χ2n) is 6.88. The van der Waals surface area contributed by atoms with Crippen molar-refractivity contribution in [2.45, 2.75) is 53.2 Å². The highest BCUT2D eigenvalue weighted by Crippen LogP contribution is 2.30. The van der Waals surface area contributed by atoms with Gasteiger partial charge in [-0.1, -0.05) is 20.8 Å². The van der Waals surface area contributed by atoms with Gasteiger partial charge < -0.3 is 15.4 Å². The number of hydrogen-bond acceptors (Lipinski definition) is 3. The van der Waals surface area contributed by atoms with Crippen molar-refractivity contribution < 1.29 is 9.53 Å². The summed E-state index contributed by atoms with van der Waals surface area (Å²) in [5.41, 5.74) is -0.253. The van der Waals surface area contributed by atoms with Gasteiger partial charge in [0.15, 0.2) is 0 Å². The highest BCUT2D eigenvalue weighted by atomic mass is 16.6. The lowest BCUT2D eigenvalue weighted by molar-refractivity contribution is 0.0478. The third kappa shape index (κ3) is 4.54. The van der Waals surface area contributed by atoms with E-state index >= 15 is 0 Å². The molecule has 1 rings (SSSR count). The molecule has 1 saturated heterocycles. The fraction of sp³-hybridized carbons (Fsp3) is 0.923. The largest absolute Gasteiger partial charge is 0.444 e. The Morgan fingerprint density at radius 2 is 1.76 bits per heavy atom. The molecular formula is C13H26N2O2. The summed E-state index contributed by atoms with van der Waals surface area (Å²) < 4.78 is 5.28. The van der Waals surface area contributed by atoms with Gasteiger partial charge in [0.05, 0.1) is 0 Å². The molecule has 0 aromatic heterocycles. The van der Waals surface area contributed by atoms with Crippen LogP contribution in [0.25, 0.3) is 0 Å². The standard InChI is InChI=1S/C13H26N2O2/c1-12(2,3)9-7-14-8-10(9)15-11(16)17-13(4,5)6/h9-10,14H,7-8H2,1-6H3,(H,15,16)/t9-,10-/m0/s1. The third-order valence-electron chi connectivity index (χ3n) is 3.03. The Labute approximate surface area is 104 Å². The molecule has 0 unspecified atom stereocenters. The van der Waals surface area contributed by atoms with Crippen LogP contribution < -0.4 is 10.6 Å². The first-order chi connectivity index (χ1) is 7.59. The lowest BCUT2D eigenvalue weighted by Gasteiger charge is -2.32. The van der Waals surface area contributed by atoms with E-state index in [1.807, 2.05) is 20.8 Å². The first-order valence-electron chi connectivity index (χ1n) is 6.30. The molecule has 1 aliphatic heterocycles. The van der Waals surface area contributed by atoms with E-state index in [2.05, 4.69) is 31.4 Å². The lowest BCUT2D eigenvalue weighted by atomic mass is 9.78. The van der Waals surface area contributed by atoms with Gasteiger partial charge in [-0.05, 0) is 32.1 Å². The van der Waals surface area contributed by atoms with Crippen LogP contribution in [0.4, 0.5) is 4.79 Å². The summed E-state index contributed by atoms with van der Waals surface area (Å²) in [4.78, 5) is 11.7. The molecule has 17 heavy (non-hydrogen) atoms. The van der Waals surface area contributed by atoms with Crippen molar-refractivity contribution in [3.8, 4) is 0 Å². The Morgan fingerprint density at radius 1 is 1.18 bits per heavy atom. The molecule has 1 amide bonds. The van der Waals surface area contributed by atoms with Gasteiger partial charge in [-0.25, -0.2) is 4.79 Å². The molecule has 0 aliphatic carbocycles. The van der Waals surface area contributed by atoms with Crippen LogP contribution in [0.5, 0.6) is 0 Å². The van der Waals surface area contributed by atoms with Crippen molar-refractivity contribution in [2.75, 3.05) is 13.1 Å². The molecule has 0 radical (unpaired) electrons. The Hall–Kier alpha value is -0.770. The van der Waals surface area contributed by atoms with Gasteiger partial charge >= 0.3 is 6.09 Å². The minimum atomic E-state index is -0.437. The van der Waals surface area contributed by atoms with Crippen LogP contribution in [0.2, 0.25) is 0 Å². The zero-order valence-corrected chi connectivity index (χ0v) is 11.9. The molecule has 1 aliphatic rings. The highest BCUT2D eigenvalue weighted by Gasteiger charge is 2.37. The Morgan fingerprint density at radius 3 is 2.24 bits per heavy atom. The number of alkyl carbamates (subject to hydrolysis) is 1. The topological polar surface area (TPSA) is 50.4 Å². The van der Waals surface area contributed by atoms with Crippen LogP contribution in [0.15, 0.2) is 0 Å². The van der Waals surface area contributed by atoms with Crippen molar-refractivity contribution >= 4 is 6.09 Å². The average Bonchev–Trinajstić information content (AvgIpc) is 2.46. The fourth-order valence-electron chi connectivity index (χ4n) is 2.20. The van der Waals surface area contributed by atoms with Crippen LogP contribution in [0.3, 0.4) is 0 Å². The maximum atomic E-state index is 11.7. The Bertz CT molecular complexity index is 276. The number of rotatable bonds is 1. The molecule has 0 aromatic carbocycles. The number of amides is 1. The third-order valence-corrected chi connectivity index (χ3v) is 3.03. The predicted octanol–water partition coefficient (Wildman–Crippen LogP) is 2.15. The SMILES string of the molecule is CC(C)(C)OC(=O)N[C@H]1CNC[C@@H]1C(C)(C)C. The predicted molar refractivity (Wildman–Crippen MR) is 69.0 cm³/mol. The highest BCUT2D eigenvalue weighted by molar-refractivity contribution is 5.68. The molecule has 0 spiro atoms. The number of nitrogens with one attached hydrogen (secondary N) is 2.